The fraction of sp³-hybridized carbons (Fsp3) is 0.562. The third-order valence-corrected chi connectivity index (χ3v) is 5.33. The van der Waals surface area contributed by atoms with Gasteiger partial charge in [-0.2, -0.15) is 0 Å². The summed E-state index contributed by atoms with van der Waals surface area (Å²) in [7, 11) is 2.70. The van der Waals surface area contributed by atoms with Crippen molar-refractivity contribution in [3.05, 3.63) is 35.4 Å². The Morgan fingerprint density at radius 1 is 1.20 bits per heavy atom. The first-order chi connectivity index (χ1) is 9.56. The second kappa shape index (κ2) is 7.02. The van der Waals surface area contributed by atoms with Crippen LogP contribution in [0, 0.1) is 5.92 Å². The number of nitrogens with zero attached hydrogens (tertiary/aromatic N) is 1. The zero-order chi connectivity index (χ0) is 14.5. The summed E-state index contributed by atoms with van der Waals surface area (Å²) in [6.07, 6.45) is 5.07. The molecule has 0 radical (unpaired) electrons. The van der Waals surface area contributed by atoms with E-state index in [4.69, 9.17) is 0 Å². The highest BCUT2D eigenvalue weighted by Gasteiger charge is 2.17. The molecule has 1 aromatic rings. The lowest BCUT2D eigenvalue weighted by molar-refractivity contribution is 0.0827. The Balaban J connectivity index is 1.89. The first-order valence-corrected chi connectivity index (χ1v) is 8.70. The minimum absolute atomic E-state index is 0.00336. The molecule has 0 unspecified atom stereocenters. The van der Waals surface area contributed by atoms with E-state index in [2.05, 4.69) is 0 Å². The van der Waals surface area contributed by atoms with E-state index in [0.717, 1.165) is 11.3 Å². The van der Waals surface area contributed by atoms with E-state index in [1.807, 2.05) is 24.3 Å². The molecule has 20 heavy (non-hydrogen) atoms. The maximum Gasteiger partial charge on any atom is 0.253 e. The van der Waals surface area contributed by atoms with Gasteiger partial charge in [-0.1, -0.05) is 25.0 Å². The predicted octanol–water partition coefficient (Wildman–Crippen LogP) is 2.83. The predicted molar refractivity (Wildman–Crippen MR) is 83.1 cm³/mol. The van der Waals surface area contributed by atoms with Crippen LogP contribution in [-0.4, -0.2) is 34.9 Å². The summed E-state index contributed by atoms with van der Waals surface area (Å²) >= 11 is 0. The van der Waals surface area contributed by atoms with Crippen LogP contribution in [0.3, 0.4) is 0 Å². The Morgan fingerprint density at radius 2 is 1.80 bits per heavy atom. The normalized spacial score (nSPS) is 17.1. The molecule has 1 saturated carbocycles. The largest absolute Gasteiger partial charge is 0.345 e. The van der Waals surface area contributed by atoms with Crippen molar-refractivity contribution in [3.63, 3.8) is 0 Å². The molecule has 1 aliphatic rings. The summed E-state index contributed by atoms with van der Waals surface area (Å²) in [4.78, 5) is 13.3. The molecular weight excluding hydrogens is 270 g/mol. The minimum atomic E-state index is -0.782. The van der Waals surface area contributed by atoms with Gasteiger partial charge in [0, 0.05) is 42.0 Å². The van der Waals surface area contributed by atoms with E-state index >= 15 is 0 Å². The molecule has 1 fully saturated rings. The zero-order valence-corrected chi connectivity index (χ0v) is 13.1. The standard InChI is InChI=1S/C16H23NO2S/c1-17(2)16(18)15-9-7-14(8-10-15)12-20(19)11-13-5-3-4-6-13/h7-10,13H,3-6,11-12H2,1-2H3/t20-/m0/s1. The Morgan fingerprint density at radius 3 is 2.35 bits per heavy atom. The van der Waals surface area contributed by atoms with Gasteiger partial charge < -0.3 is 4.90 Å². The molecule has 0 saturated heterocycles. The topological polar surface area (TPSA) is 37.4 Å². The molecule has 3 nitrogen and oxygen atoms in total. The van der Waals surface area contributed by atoms with Crippen molar-refractivity contribution in [2.75, 3.05) is 19.8 Å². The van der Waals surface area contributed by atoms with Crippen molar-refractivity contribution >= 4 is 16.7 Å². The molecule has 1 amide bonds. The first-order valence-electron chi connectivity index (χ1n) is 7.22. The van der Waals surface area contributed by atoms with Crippen LogP contribution in [0.25, 0.3) is 0 Å². The van der Waals surface area contributed by atoms with Crippen LogP contribution in [0.2, 0.25) is 0 Å². The quantitative estimate of drug-likeness (QED) is 0.837. The van der Waals surface area contributed by atoms with Gasteiger partial charge in [-0.3, -0.25) is 9.00 Å². The van der Waals surface area contributed by atoms with Crippen LogP contribution in [0.4, 0.5) is 0 Å². The number of rotatable bonds is 5. The zero-order valence-electron chi connectivity index (χ0n) is 12.3. The molecule has 0 spiro atoms. The number of benzene rings is 1. The van der Waals surface area contributed by atoms with E-state index in [1.165, 1.54) is 25.7 Å². The van der Waals surface area contributed by atoms with Crippen LogP contribution in [-0.2, 0) is 16.6 Å². The SMILES string of the molecule is CN(C)C(=O)c1ccc(C[S@@](=O)CC2CCCC2)cc1. The van der Waals surface area contributed by atoms with Gasteiger partial charge in [0.1, 0.15) is 0 Å². The summed E-state index contributed by atoms with van der Waals surface area (Å²) in [5.41, 5.74) is 1.73. The minimum Gasteiger partial charge on any atom is -0.345 e. The molecule has 0 aromatic heterocycles. The summed E-state index contributed by atoms with van der Waals surface area (Å²) in [5, 5.41) is 0. The molecule has 110 valence electrons. The lowest BCUT2D eigenvalue weighted by Crippen LogP contribution is -2.21. The van der Waals surface area contributed by atoms with Crippen LogP contribution < -0.4 is 0 Å². The molecule has 1 aromatic carbocycles. The number of carbonyl (C=O) groups excluding carboxylic acids is 1. The summed E-state index contributed by atoms with van der Waals surface area (Å²) in [5.74, 6) is 2.10. The number of amides is 1. The van der Waals surface area contributed by atoms with Crippen molar-refractivity contribution in [1.29, 1.82) is 0 Å². The van der Waals surface area contributed by atoms with Crippen molar-refractivity contribution in [3.8, 4) is 0 Å². The van der Waals surface area contributed by atoms with Crippen molar-refractivity contribution in [2.24, 2.45) is 5.92 Å². The van der Waals surface area contributed by atoms with Gasteiger partial charge in [0.2, 0.25) is 0 Å². The van der Waals surface area contributed by atoms with Gasteiger partial charge in [-0.25, -0.2) is 0 Å². The lowest BCUT2D eigenvalue weighted by Gasteiger charge is -2.11. The average molecular weight is 293 g/mol. The highest BCUT2D eigenvalue weighted by molar-refractivity contribution is 7.84. The highest BCUT2D eigenvalue weighted by atomic mass is 32.2. The summed E-state index contributed by atoms with van der Waals surface area (Å²) in [6, 6.07) is 7.49. The van der Waals surface area contributed by atoms with Gasteiger partial charge >= 0.3 is 0 Å². The Labute approximate surface area is 123 Å². The van der Waals surface area contributed by atoms with E-state index in [1.54, 1.807) is 19.0 Å². The number of hydrogen-bond acceptors (Lipinski definition) is 2. The van der Waals surface area contributed by atoms with Crippen molar-refractivity contribution in [1.82, 2.24) is 4.90 Å². The van der Waals surface area contributed by atoms with Crippen molar-refractivity contribution in [2.45, 2.75) is 31.4 Å². The van der Waals surface area contributed by atoms with Gasteiger partial charge in [-0.05, 0) is 36.5 Å². The highest BCUT2D eigenvalue weighted by Crippen LogP contribution is 2.25. The van der Waals surface area contributed by atoms with Crippen LogP contribution >= 0.6 is 0 Å². The van der Waals surface area contributed by atoms with Crippen LogP contribution in [0.5, 0.6) is 0 Å². The Kier molecular flexibility index (Phi) is 5.35. The fourth-order valence-electron chi connectivity index (χ4n) is 2.69. The molecule has 1 aliphatic carbocycles. The maximum absolute atomic E-state index is 12.1. The third kappa shape index (κ3) is 4.17. The Hall–Kier alpha value is -1.16. The molecule has 0 aliphatic heterocycles. The summed E-state index contributed by atoms with van der Waals surface area (Å²) < 4.78 is 12.1. The molecule has 1 atom stereocenters. The van der Waals surface area contributed by atoms with Crippen LogP contribution in [0.15, 0.2) is 24.3 Å². The van der Waals surface area contributed by atoms with Gasteiger partial charge in [-0.15, -0.1) is 0 Å². The lowest BCUT2D eigenvalue weighted by atomic mass is 10.1. The van der Waals surface area contributed by atoms with Crippen LogP contribution in [0.1, 0.15) is 41.6 Å². The van der Waals surface area contributed by atoms with E-state index in [0.29, 0.717) is 17.2 Å². The van der Waals surface area contributed by atoms with Gasteiger partial charge in [0.05, 0.1) is 0 Å². The third-order valence-electron chi connectivity index (χ3n) is 3.83. The monoisotopic (exact) mass is 293 g/mol. The van der Waals surface area contributed by atoms with Gasteiger partial charge in [0.15, 0.2) is 0 Å². The Bertz CT molecular complexity index is 476. The van der Waals surface area contributed by atoms with E-state index < -0.39 is 10.8 Å². The van der Waals surface area contributed by atoms with E-state index in [-0.39, 0.29) is 5.91 Å². The second-order valence-electron chi connectivity index (χ2n) is 5.80. The van der Waals surface area contributed by atoms with Crippen molar-refractivity contribution < 1.29 is 9.00 Å². The molecule has 0 heterocycles. The number of hydrogen-bond donors (Lipinski definition) is 0. The smallest absolute Gasteiger partial charge is 0.253 e. The fourth-order valence-corrected chi connectivity index (χ4v) is 4.23. The summed E-state index contributed by atoms with van der Waals surface area (Å²) in [6.45, 7) is 0. The molecular formula is C16H23NO2S. The molecule has 4 heteroatoms. The molecule has 2 rings (SSSR count). The second-order valence-corrected chi connectivity index (χ2v) is 7.30. The maximum atomic E-state index is 12.1. The number of carbonyl (C=O) groups is 1. The molecule has 0 bridgehead atoms. The average Bonchev–Trinajstić information content (AvgIpc) is 2.91. The van der Waals surface area contributed by atoms with E-state index in [9.17, 15) is 9.00 Å². The first kappa shape index (κ1) is 15.2. The van der Waals surface area contributed by atoms with Gasteiger partial charge in [0.25, 0.3) is 5.91 Å². The molecule has 0 N–H and O–H groups in total.